The topological polar surface area (TPSA) is 106 Å². The smallest absolute Gasteiger partial charge is 0.225 e. The van der Waals surface area contributed by atoms with Crippen LogP contribution < -0.4 is 9.86 Å². The van der Waals surface area contributed by atoms with Crippen molar-refractivity contribution in [3.05, 3.63) is 36.4 Å². The van der Waals surface area contributed by atoms with Crippen molar-refractivity contribution >= 4 is 20.0 Å². The molecule has 8 heteroatoms. The maximum atomic E-state index is 11.8. The largest absolute Gasteiger partial charge is 0.240 e. The third kappa shape index (κ3) is 3.91. The molecule has 0 bridgehead atoms. The molecule has 100 valence electrons. The van der Waals surface area contributed by atoms with E-state index in [1.165, 1.54) is 18.2 Å². The van der Waals surface area contributed by atoms with E-state index in [2.05, 4.69) is 11.3 Å². The summed E-state index contributed by atoms with van der Waals surface area (Å²) in [4.78, 5) is -0.407. The second kappa shape index (κ2) is 5.19. The minimum absolute atomic E-state index is 0.0853. The molecule has 0 unspecified atom stereocenters. The highest BCUT2D eigenvalue weighted by Crippen LogP contribution is 2.14. The first-order chi connectivity index (χ1) is 8.13. The second-order valence-corrected chi connectivity index (χ2v) is 7.13. The Morgan fingerprint density at radius 2 is 1.83 bits per heavy atom. The van der Waals surface area contributed by atoms with Crippen molar-refractivity contribution in [2.45, 2.75) is 16.7 Å². The molecular formula is C10H14N2O4S2. The number of nitrogens with one attached hydrogen (secondary N) is 1. The average Bonchev–Trinajstić information content (AvgIpc) is 2.26. The van der Waals surface area contributed by atoms with Crippen LogP contribution in [0.2, 0.25) is 0 Å². The van der Waals surface area contributed by atoms with Crippen molar-refractivity contribution < 1.29 is 16.8 Å². The maximum absolute atomic E-state index is 11.8. The fourth-order valence-electron chi connectivity index (χ4n) is 1.12. The van der Waals surface area contributed by atoms with Gasteiger partial charge in [-0.05, 0) is 25.1 Å². The quantitative estimate of drug-likeness (QED) is 0.755. The van der Waals surface area contributed by atoms with E-state index in [9.17, 15) is 16.8 Å². The van der Waals surface area contributed by atoms with Crippen LogP contribution in [-0.4, -0.2) is 23.4 Å². The summed E-state index contributed by atoms with van der Waals surface area (Å²) in [6.45, 7) is 5.32. The van der Waals surface area contributed by atoms with Crippen LogP contribution in [0, 0.1) is 0 Å². The zero-order valence-electron chi connectivity index (χ0n) is 9.75. The van der Waals surface area contributed by atoms with Gasteiger partial charge in [0.25, 0.3) is 0 Å². The summed E-state index contributed by atoms with van der Waals surface area (Å²) in [7, 11) is -7.70. The summed E-state index contributed by atoms with van der Waals surface area (Å²) in [6.07, 6.45) is 0. The monoisotopic (exact) mass is 290 g/mol. The molecule has 1 aromatic carbocycles. The minimum atomic E-state index is -3.93. The fraction of sp³-hybridized carbons (Fsp3) is 0.200. The standard InChI is InChI=1S/C10H14N2O4S2/c1-8(2)7-12-18(15,16)10-5-3-4-9(6-10)17(11,13)14/h3-6,12H,1,7H2,2H3,(H2,11,13,14). The Kier molecular flexibility index (Phi) is 4.28. The van der Waals surface area contributed by atoms with Crippen molar-refractivity contribution in [3.8, 4) is 0 Å². The molecule has 1 aromatic rings. The highest BCUT2D eigenvalue weighted by Gasteiger charge is 2.16. The Hall–Kier alpha value is -1.22. The first-order valence-electron chi connectivity index (χ1n) is 4.90. The number of hydrogen-bond acceptors (Lipinski definition) is 4. The molecule has 0 spiro atoms. The van der Waals surface area contributed by atoms with Gasteiger partial charge in [0.2, 0.25) is 20.0 Å². The van der Waals surface area contributed by atoms with Crippen LogP contribution >= 0.6 is 0 Å². The molecule has 0 aliphatic heterocycles. The fourth-order valence-corrected chi connectivity index (χ4v) is 2.90. The van der Waals surface area contributed by atoms with Gasteiger partial charge in [-0.1, -0.05) is 18.2 Å². The SMILES string of the molecule is C=C(C)CNS(=O)(=O)c1cccc(S(N)(=O)=O)c1. The lowest BCUT2D eigenvalue weighted by Gasteiger charge is -2.07. The molecule has 18 heavy (non-hydrogen) atoms. The summed E-state index contributed by atoms with van der Waals surface area (Å²) < 4.78 is 48.2. The molecule has 0 fully saturated rings. The van der Waals surface area contributed by atoms with Crippen LogP contribution in [0.5, 0.6) is 0 Å². The van der Waals surface area contributed by atoms with E-state index in [1.54, 1.807) is 6.92 Å². The van der Waals surface area contributed by atoms with Gasteiger partial charge in [-0.2, -0.15) is 0 Å². The minimum Gasteiger partial charge on any atom is -0.225 e. The Balaban J connectivity index is 3.15. The molecular weight excluding hydrogens is 276 g/mol. The van der Waals surface area contributed by atoms with E-state index in [0.29, 0.717) is 5.57 Å². The van der Waals surface area contributed by atoms with Gasteiger partial charge in [-0.3, -0.25) is 0 Å². The molecule has 0 aromatic heterocycles. The van der Waals surface area contributed by atoms with Crippen molar-refractivity contribution in [2.24, 2.45) is 5.14 Å². The highest BCUT2D eigenvalue weighted by atomic mass is 32.2. The number of benzene rings is 1. The molecule has 1 rings (SSSR count). The first kappa shape index (κ1) is 14.8. The van der Waals surface area contributed by atoms with Crippen LogP contribution in [0.25, 0.3) is 0 Å². The Labute approximate surface area is 107 Å². The van der Waals surface area contributed by atoms with Crippen molar-refractivity contribution in [1.82, 2.24) is 4.72 Å². The van der Waals surface area contributed by atoms with E-state index >= 15 is 0 Å². The van der Waals surface area contributed by atoms with E-state index in [4.69, 9.17) is 5.14 Å². The molecule has 0 aliphatic carbocycles. The summed E-state index contributed by atoms with van der Waals surface area (Å²) in [5.41, 5.74) is 0.640. The van der Waals surface area contributed by atoms with Crippen LogP contribution in [0.1, 0.15) is 6.92 Å². The second-order valence-electron chi connectivity index (χ2n) is 3.80. The average molecular weight is 290 g/mol. The Morgan fingerprint density at radius 3 is 2.33 bits per heavy atom. The van der Waals surface area contributed by atoms with Crippen LogP contribution in [0.15, 0.2) is 46.2 Å². The Bertz CT molecular complexity index is 663. The number of hydrogen-bond donors (Lipinski definition) is 2. The van der Waals surface area contributed by atoms with Gasteiger partial charge in [0.05, 0.1) is 9.79 Å². The van der Waals surface area contributed by atoms with Gasteiger partial charge in [0.1, 0.15) is 0 Å². The van der Waals surface area contributed by atoms with Crippen LogP contribution in [0.4, 0.5) is 0 Å². The van der Waals surface area contributed by atoms with E-state index in [-0.39, 0.29) is 16.3 Å². The lowest BCUT2D eigenvalue weighted by Crippen LogP contribution is -2.25. The van der Waals surface area contributed by atoms with Crippen molar-refractivity contribution in [1.29, 1.82) is 0 Å². The zero-order valence-corrected chi connectivity index (χ0v) is 11.4. The van der Waals surface area contributed by atoms with Crippen molar-refractivity contribution in [2.75, 3.05) is 6.54 Å². The number of sulfonamides is 2. The van der Waals surface area contributed by atoms with Gasteiger partial charge in [-0.15, -0.1) is 0 Å². The van der Waals surface area contributed by atoms with Gasteiger partial charge in [0, 0.05) is 6.54 Å². The zero-order chi connectivity index (χ0) is 14.0. The van der Waals surface area contributed by atoms with E-state index in [0.717, 1.165) is 6.07 Å². The molecule has 0 aliphatic rings. The maximum Gasteiger partial charge on any atom is 0.240 e. The Morgan fingerprint density at radius 1 is 1.28 bits per heavy atom. The van der Waals surface area contributed by atoms with Gasteiger partial charge in [0.15, 0.2) is 0 Å². The molecule has 0 saturated carbocycles. The third-order valence-electron chi connectivity index (χ3n) is 2.01. The number of rotatable bonds is 5. The summed E-state index contributed by atoms with van der Waals surface area (Å²) >= 11 is 0. The molecule has 0 saturated heterocycles. The van der Waals surface area contributed by atoms with E-state index in [1.807, 2.05) is 0 Å². The van der Waals surface area contributed by atoms with Crippen molar-refractivity contribution in [3.63, 3.8) is 0 Å². The summed E-state index contributed by atoms with van der Waals surface area (Å²) in [5, 5.41) is 4.93. The molecule has 0 atom stereocenters. The van der Waals surface area contributed by atoms with E-state index < -0.39 is 20.0 Å². The van der Waals surface area contributed by atoms with Gasteiger partial charge < -0.3 is 0 Å². The normalized spacial score (nSPS) is 12.3. The summed E-state index contributed by atoms with van der Waals surface area (Å²) in [6, 6.07) is 4.84. The molecule has 6 nitrogen and oxygen atoms in total. The number of nitrogens with two attached hydrogens (primary N) is 1. The predicted octanol–water partition coefficient (Wildman–Crippen LogP) is 0.188. The molecule has 3 N–H and O–H groups in total. The first-order valence-corrected chi connectivity index (χ1v) is 7.93. The summed E-state index contributed by atoms with van der Waals surface area (Å²) in [5.74, 6) is 0. The number of primary sulfonamides is 1. The van der Waals surface area contributed by atoms with Gasteiger partial charge >= 0.3 is 0 Å². The molecule has 0 heterocycles. The van der Waals surface area contributed by atoms with Crippen LogP contribution in [0.3, 0.4) is 0 Å². The van der Waals surface area contributed by atoms with Crippen LogP contribution in [-0.2, 0) is 20.0 Å². The highest BCUT2D eigenvalue weighted by molar-refractivity contribution is 7.90. The van der Waals surface area contributed by atoms with Gasteiger partial charge in [-0.25, -0.2) is 26.7 Å². The molecule has 0 radical (unpaired) electrons. The third-order valence-corrected chi connectivity index (χ3v) is 4.32. The lowest BCUT2D eigenvalue weighted by molar-refractivity contribution is 0.584. The molecule has 0 amide bonds. The lowest BCUT2D eigenvalue weighted by atomic mass is 10.4. The predicted molar refractivity (Wildman–Crippen MR) is 67.8 cm³/mol.